The lowest BCUT2D eigenvalue weighted by atomic mass is 10.1. The highest BCUT2D eigenvalue weighted by Crippen LogP contribution is 2.45. The Labute approximate surface area is 203 Å². The van der Waals surface area contributed by atoms with E-state index in [1.54, 1.807) is 41.6 Å². The van der Waals surface area contributed by atoms with Crippen LogP contribution in [-0.4, -0.2) is 63.0 Å². The molecular formula is C22H23F3N6O3S. The average Bonchev–Trinajstić information content (AvgIpc) is 3.51. The van der Waals surface area contributed by atoms with E-state index < -0.39 is 11.2 Å². The Bertz CT molecular complexity index is 1270. The second kappa shape index (κ2) is 8.70. The van der Waals surface area contributed by atoms with Gasteiger partial charge < -0.3 is 19.3 Å². The number of thiazole rings is 1. The number of halogens is 3. The number of aryl methyl sites for hydroxylation is 2. The number of anilines is 1. The molecule has 1 aromatic carbocycles. The molecule has 9 nitrogen and oxygen atoms in total. The maximum Gasteiger partial charge on any atom is 0.443 e. The fourth-order valence-corrected chi connectivity index (χ4v) is 5.31. The van der Waals surface area contributed by atoms with Crippen molar-refractivity contribution < 1.29 is 27.4 Å². The van der Waals surface area contributed by atoms with E-state index in [1.165, 1.54) is 0 Å². The number of ether oxygens (including phenoxy) is 2. The van der Waals surface area contributed by atoms with Crippen LogP contribution >= 0.6 is 11.3 Å². The number of carbonyl (C=O) groups excluding carboxylic acids is 1. The number of benzene rings is 1. The molecule has 0 spiro atoms. The van der Waals surface area contributed by atoms with Crippen LogP contribution in [0.2, 0.25) is 0 Å². The summed E-state index contributed by atoms with van der Waals surface area (Å²) in [6.07, 6.45) is -4.56. The van der Waals surface area contributed by atoms with Crippen molar-refractivity contribution in [1.29, 1.82) is 0 Å². The minimum Gasteiger partial charge on any atom is -0.454 e. The van der Waals surface area contributed by atoms with E-state index in [0.717, 1.165) is 0 Å². The van der Waals surface area contributed by atoms with Crippen LogP contribution in [0, 0.1) is 13.8 Å². The van der Waals surface area contributed by atoms with Crippen molar-refractivity contribution in [3.8, 4) is 22.8 Å². The SMILES string of the molecule is Cc1nc(C)n(CC(=O)N2CCN(c3sc(C(F)(F)F)nc3-c3ccc4c(c3)OCO4)C[C@H]2C)n1. The average molecular weight is 509 g/mol. The van der Waals surface area contributed by atoms with E-state index >= 15 is 0 Å². The van der Waals surface area contributed by atoms with Crippen LogP contribution in [0.25, 0.3) is 11.3 Å². The van der Waals surface area contributed by atoms with Crippen LogP contribution in [0.3, 0.4) is 0 Å². The van der Waals surface area contributed by atoms with Gasteiger partial charge >= 0.3 is 6.18 Å². The van der Waals surface area contributed by atoms with E-state index in [2.05, 4.69) is 15.1 Å². The summed E-state index contributed by atoms with van der Waals surface area (Å²) < 4.78 is 53.0. The highest BCUT2D eigenvalue weighted by molar-refractivity contribution is 7.16. The molecule has 1 fully saturated rings. The quantitative estimate of drug-likeness (QED) is 0.533. The minimum absolute atomic E-state index is 0.0672. The first kappa shape index (κ1) is 23.4. The molecule has 35 heavy (non-hydrogen) atoms. The van der Waals surface area contributed by atoms with Crippen LogP contribution in [0.15, 0.2) is 18.2 Å². The maximum atomic E-state index is 13.6. The Morgan fingerprint density at radius 1 is 1.17 bits per heavy atom. The van der Waals surface area contributed by atoms with Crippen LogP contribution < -0.4 is 14.4 Å². The van der Waals surface area contributed by atoms with Gasteiger partial charge in [0.1, 0.15) is 28.9 Å². The van der Waals surface area contributed by atoms with Gasteiger partial charge in [-0.3, -0.25) is 4.79 Å². The van der Waals surface area contributed by atoms with E-state index in [-0.39, 0.29) is 31.0 Å². The normalized spacial score (nSPS) is 17.8. The number of fused-ring (bicyclic) bond motifs is 1. The molecule has 186 valence electrons. The Balaban J connectivity index is 1.39. The van der Waals surface area contributed by atoms with Crippen molar-refractivity contribution in [3.63, 3.8) is 0 Å². The zero-order valence-electron chi connectivity index (χ0n) is 19.3. The molecule has 0 saturated carbocycles. The zero-order chi connectivity index (χ0) is 24.9. The van der Waals surface area contributed by atoms with Gasteiger partial charge in [0.15, 0.2) is 11.5 Å². The van der Waals surface area contributed by atoms with Crippen LogP contribution in [0.5, 0.6) is 11.5 Å². The molecule has 3 aromatic rings. The Morgan fingerprint density at radius 2 is 1.94 bits per heavy atom. The molecular weight excluding hydrogens is 485 g/mol. The molecule has 2 aliphatic heterocycles. The molecule has 0 radical (unpaired) electrons. The summed E-state index contributed by atoms with van der Waals surface area (Å²) in [6, 6.07) is 4.77. The number of carbonyl (C=O) groups is 1. The number of hydrogen-bond acceptors (Lipinski definition) is 8. The zero-order valence-corrected chi connectivity index (χ0v) is 20.1. The van der Waals surface area contributed by atoms with Crippen LogP contribution in [0.1, 0.15) is 23.6 Å². The summed E-state index contributed by atoms with van der Waals surface area (Å²) in [7, 11) is 0. The van der Waals surface area contributed by atoms with Gasteiger partial charge in [-0.25, -0.2) is 14.6 Å². The molecule has 1 saturated heterocycles. The van der Waals surface area contributed by atoms with Gasteiger partial charge in [-0.05, 0) is 39.0 Å². The van der Waals surface area contributed by atoms with Crippen LogP contribution in [-0.2, 0) is 17.5 Å². The number of aromatic nitrogens is 4. The van der Waals surface area contributed by atoms with E-state index in [0.29, 0.717) is 64.7 Å². The number of hydrogen-bond donors (Lipinski definition) is 0. The van der Waals surface area contributed by atoms with Gasteiger partial charge in [-0.15, -0.1) is 0 Å². The first-order chi connectivity index (χ1) is 16.6. The van der Waals surface area contributed by atoms with Crippen molar-refractivity contribution in [1.82, 2.24) is 24.6 Å². The van der Waals surface area contributed by atoms with E-state index in [9.17, 15) is 18.0 Å². The van der Waals surface area contributed by atoms with Gasteiger partial charge in [0.25, 0.3) is 0 Å². The van der Waals surface area contributed by atoms with Crippen molar-refractivity contribution in [2.24, 2.45) is 0 Å². The van der Waals surface area contributed by atoms with Gasteiger partial charge in [-0.1, -0.05) is 11.3 Å². The monoisotopic (exact) mass is 508 g/mol. The van der Waals surface area contributed by atoms with Crippen molar-refractivity contribution in [2.75, 3.05) is 31.3 Å². The van der Waals surface area contributed by atoms with Crippen molar-refractivity contribution in [3.05, 3.63) is 34.9 Å². The third-order valence-electron chi connectivity index (χ3n) is 5.98. The number of nitrogens with zero attached hydrogens (tertiary/aromatic N) is 6. The summed E-state index contributed by atoms with van der Waals surface area (Å²) in [5.74, 6) is 2.15. The largest absolute Gasteiger partial charge is 0.454 e. The smallest absolute Gasteiger partial charge is 0.443 e. The third-order valence-corrected chi connectivity index (χ3v) is 7.14. The molecule has 5 rings (SSSR count). The highest BCUT2D eigenvalue weighted by Gasteiger charge is 2.38. The maximum absolute atomic E-state index is 13.6. The molecule has 0 N–H and O–H groups in total. The predicted octanol–water partition coefficient (Wildman–Crippen LogP) is 3.50. The summed E-state index contributed by atoms with van der Waals surface area (Å²) in [5.41, 5.74) is 0.750. The molecule has 1 amide bonds. The third kappa shape index (κ3) is 4.51. The molecule has 0 bridgehead atoms. The lowest BCUT2D eigenvalue weighted by Gasteiger charge is -2.40. The predicted molar refractivity (Wildman–Crippen MR) is 122 cm³/mol. The Hall–Kier alpha value is -3.35. The summed E-state index contributed by atoms with van der Waals surface area (Å²) in [5, 5.41) is 3.74. The number of amides is 1. The van der Waals surface area contributed by atoms with Gasteiger partial charge in [0.2, 0.25) is 17.7 Å². The van der Waals surface area contributed by atoms with E-state index in [4.69, 9.17) is 9.47 Å². The first-order valence-corrected chi connectivity index (χ1v) is 11.8. The number of alkyl halides is 3. The van der Waals surface area contributed by atoms with Gasteiger partial charge in [0, 0.05) is 31.2 Å². The summed E-state index contributed by atoms with van der Waals surface area (Å²) in [6.45, 7) is 6.68. The molecule has 2 aromatic heterocycles. The fourth-order valence-electron chi connectivity index (χ4n) is 4.32. The highest BCUT2D eigenvalue weighted by atomic mass is 32.1. The van der Waals surface area contributed by atoms with E-state index in [1.807, 2.05) is 11.8 Å². The molecule has 0 aliphatic carbocycles. The summed E-state index contributed by atoms with van der Waals surface area (Å²) in [4.78, 5) is 24.7. The molecule has 13 heteroatoms. The van der Waals surface area contributed by atoms with Gasteiger partial charge in [0.05, 0.1) is 0 Å². The fraction of sp³-hybridized carbons (Fsp3) is 0.455. The van der Waals surface area contributed by atoms with Crippen LogP contribution in [0.4, 0.5) is 18.2 Å². The molecule has 2 aliphatic rings. The molecule has 1 atom stereocenters. The first-order valence-electron chi connectivity index (χ1n) is 11.0. The minimum atomic E-state index is -4.56. The van der Waals surface area contributed by atoms with Crippen molar-refractivity contribution >= 4 is 22.2 Å². The van der Waals surface area contributed by atoms with Gasteiger partial charge in [-0.2, -0.15) is 18.3 Å². The standard InChI is InChI=1S/C22H23F3N6O3S/c1-12-9-29(6-7-30(12)18(32)10-31-14(3)26-13(2)28-31)20-19(27-21(35-20)22(23,24)25)15-4-5-16-17(8-15)34-11-33-16/h4-5,8,12H,6-7,9-11H2,1-3H3/t12-/m1/s1. The lowest BCUT2D eigenvalue weighted by Crippen LogP contribution is -2.54. The second-order valence-corrected chi connectivity index (χ2v) is 9.46. The number of rotatable bonds is 4. The Morgan fingerprint density at radius 3 is 2.63 bits per heavy atom. The summed E-state index contributed by atoms with van der Waals surface area (Å²) >= 11 is 0.612. The second-order valence-electron chi connectivity index (χ2n) is 8.48. The lowest BCUT2D eigenvalue weighted by molar-refractivity contribution is -0.137. The topological polar surface area (TPSA) is 85.6 Å². The number of piperazine rings is 1. The van der Waals surface area contributed by atoms with Crippen molar-refractivity contribution in [2.45, 2.75) is 39.5 Å². The molecule has 4 heterocycles. The Kier molecular flexibility index (Phi) is 5.82. The molecule has 0 unspecified atom stereocenters.